The summed E-state index contributed by atoms with van der Waals surface area (Å²) in [6, 6.07) is 7.69. The van der Waals surface area contributed by atoms with Crippen LogP contribution >= 0.6 is 12.4 Å². The molecule has 3 N–H and O–H groups in total. The molecule has 0 aliphatic heterocycles. The third-order valence-electron chi connectivity index (χ3n) is 2.21. The summed E-state index contributed by atoms with van der Waals surface area (Å²) in [4.78, 5) is 11.1. The van der Waals surface area contributed by atoms with E-state index in [1.165, 1.54) is 0 Å². The van der Waals surface area contributed by atoms with Crippen molar-refractivity contribution < 1.29 is 9.53 Å². The van der Waals surface area contributed by atoms with Gasteiger partial charge in [0.2, 0.25) is 5.91 Å². The maximum absolute atomic E-state index is 11.1. The second kappa shape index (κ2) is 8.78. The predicted molar refractivity (Wildman–Crippen MR) is 74.9 cm³/mol. The number of ether oxygens (including phenoxy) is 1. The number of amides is 1. The van der Waals surface area contributed by atoms with E-state index in [9.17, 15) is 4.79 Å². The van der Waals surface area contributed by atoms with E-state index in [-0.39, 0.29) is 24.9 Å². The number of carbonyl (C=O) groups is 1. The first-order valence-electron chi connectivity index (χ1n) is 5.81. The smallest absolute Gasteiger partial charge is 0.234 e. The molecule has 0 radical (unpaired) electrons. The van der Waals surface area contributed by atoms with E-state index in [2.05, 4.69) is 19.2 Å². The van der Waals surface area contributed by atoms with Gasteiger partial charge in [-0.3, -0.25) is 4.79 Å². The van der Waals surface area contributed by atoms with E-state index in [1.54, 1.807) is 0 Å². The van der Waals surface area contributed by atoms with Crippen LogP contribution < -0.4 is 15.8 Å². The van der Waals surface area contributed by atoms with Crippen LogP contribution in [0.5, 0.6) is 5.75 Å². The maximum atomic E-state index is 11.1. The SMILES string of the molecule is CC(C)COc1ccccc1CNC(=O)CN.Cl. The highest BCUT2D eigenvalue weighted by atomic mass is 35.5. The number of nitrogens with one attached hydrogen (secondary N) is 1. The molecule has 0 heterocycles. The van der Waals surface area contributed by atoms with Crippen molar-refractivity contribution in [2.45, 2.75) is 20.4 Å². The largest absolute Gasteiger partial charge is 0.493 e. The highest BCUT2D eigenvalue weighted by Gasteiger charge is 2.05. The molecule has 1 rings (SSSR count). The van der Waals surface area contributed by atoms with Gasteiger partial charge < -0.3 is 15.8 Å². The fourth-order valence-corrected chi connectivity index (χ4v) is 1.31. The monoisotopic (exact) mass is 272 g/mol. The molecule has 0 fully saturated rings. The van der Waals surface area contributed by atoms with Gasteiger partial charge in [0, 0.05) is 12.1 Å². The zero-order valence-electron chi connectivity index (χ0n) is 10.8. The Morgan fingerprint density at radius 2 is 2.06 bits per heavy atom. The molecule has 0 saturated carbocycles. The van der Waals surface area contributed by atoms with Crippen LogP contribution in [0.1, 0.15) is 19.4 Å². The summed E-state index contributed by atoms with van der Waals surface area (Å²) in [5, 5.41) is 2.73. The van der Waals surface area contributed by atoms with E-state index in [0.29, 0.717) is 19.1 Å². The van der Waals surface area contributed by atoms with Gasteiger partial charge in [0.05, 0.1) is 13.2 Å². The van der Waals surface area contributed by atoms with Crippen LogP contribution in [0.15, 0.2) is 24.3 Å². The molecule has 1 aromatic carbocycles. The van der Waals surface area contributed by atoms with E-state index in [4.69, 9.17) is 10.5 Å². The lowest BCUT2D eigenvalue weighted by Gasteiger charge is -2.13. The van der Waals surface area contributed by atoms with E-state index < -0.39 is 0 Å². The van der Waals surface area contributed by atoms with Crippen molar-refractivity contribution in [2.24, 2.45) is 11.7 Å². The Bertz CT molecular complexity index is 370. The number of hydrogen-bond donors (Lipinski definition) is 2. The second-order valence-electron chi connectivity index (χ2n) is 4.29. The average Bonchev–Trinajstić information content (AvgIpc) is 2.34. The van der Waals surface area contributed by atoms with Gasteiger partial charge in [0.25, 0.3) is 0 Å². The Kier molecular flexibility index (Phi) is 8.16. The highest BCUT2D eigenvalue weighted by molar-refractivity contribution is 5.85. The molecule has 4 nitrogen and oxygen atoms in total. The highest BCUT2D eigenvalue weighted by Crippen LogP contribution is 2.18. The number of benzene rings is 1. The fourth-order valence-electron chi connectivity index (χ4n) is 1.31. The summed E-state index contributed by atoms with van der Waals surface area (Å²) >= 11 is 0. The standard InChI is InChI=1S/C13H20N2O2.ClH/c1-10(2)9-17-12-6-4-3-5-11(12)8-15-13(16)7-14;/h3-6,10H,7-9,14H2,1-2H3,(H,15,16);1H. The zero-order valence-corrected chi connectivity index (χ0v) is 11.6. The van der Waals surface area contributed by atoms with Crippen molar-refractivity contribution in [1.82, 2.24) is 5.32 Å². The van der Waals surface area contributed by atoms with Crippen molar-refractivity contribution in [1.29, 1.82) is 0 Å². The Labute approximate surface area is 114 Å². The van der Waals surface area contributed by atoms with Gasteiger partial charge in [-0.15, -0.1) is 12.4 Å². The summed E-state index contributed by atoms with van der Waals surface area (Å²) in [5.74, 6) is 1.13. The summed E-state index contributed by atoms with van der Waals surface area (Å²) < 4.78 is 5.68. The molecule has 0 aliphatic carbocycles. The Morgan fingerprint density at radius 1 is 1.39 bits per heavy atom. The molecule has 0 spiro atoms. The number of carbonyl (C=O) groups excluding carboxylic acids is 1. The number of rotatable bonds is 6. The van der Waals surface area contributed by atoms with Crippen LogP contribution in [0.4, 0.5) is 0 Å². The number of halogens is 1. The Hall–Kier alpha value is -1.26. The van der Waals surface area contributed by atoms with E-state index in [1.807, 2.05) is 24.3 Å². The first-order valence-corrected chi connectivity index (χ1v) is 5.81. The summed E-state index contributed by atoms with van der Waals surface area (Å²) in [5.41, 5.74) is 6.20. The average molecular weight is 273 g/mol. The normalized spacial score (nSPS) is 9.78. The van der Waals surface area contributed by atoms with E-state index >= 15 is 0 Å². The summed E-state index contributed by atoms with van der Waals surface area (Å²) in [7, 11) is 0. The minimum atomic E-state index is -0.163. The van der Waals surface area contributed by atoms with Gasteiger partial charge >= 0.3 is 0 Å². The summed E-state index contributed by atoms with van der Waals surface area (Å²) in [6.07, 6.45) is 0. The molecule has 102 valence electrons. The van der Waals surface area contributed by atoms with Crippen molar-refractivity contribution in [2.75, 3.05) is 13.2 Å². The molecule has 18 heavy (non-hydrogen) atoms. The number of hydrogen-bond acceptors (Lipinski definition) is 3. The van der Waals surface area contributed by atoms with Crippen molar-refractivity contribution in [3.8, 4) is 5.75 Å². The van der Waals surface area contributed by atoms with E-state index in [0.717, 1.165) is 11.3 Å². The first kappa shape index (κ1) is 16.7. The molecule has 0 bridgehead atoms. The fraction of sp³-hybridized carbons (Fsp3) is 0.462. The third kappa shape index (κ3) is 5.89. The predicted octanol–water partition coefficient (Wildman–Crippen LogP) is 1.72. The van der Waals surface area contributed by atoms with Gasteiger partial charge in [-0.05, 0) is 12.0 Å². The minimum Gasteiger partial charge on any atom is -0.493 e. The lowest BCUT2D eigenvalue weighted by Crippen LogP contribution is -2.29. The maximum Gasteiger partial charge on any atom is 0.234 e. The molecule has 0 aliphatic rings. The lowest BCUT2D eigenvalue weighted by atomic mass is 10.2. The van der Waals surface area contributed by atoms with Crippen molar-refractivity contribution in [3.63, 3.8) is 0 Å². The van der Waals surface area contributed by atoms with Gasteiger partial charge in [-0.1, -0.05) is 32.0 Å². The second-order valence-corrected chi connectivity index (χ2v) is 4.29. The molecule has 1 aromatic rings. The van der Waals surface area contributed by atoms with Gasteiger partial charge in [0.1, 0.15) is 5.75 Å². The topological polar surface area (TPSA) is 64.3 Å². The van der Waals surface area contributed by atoms with Crippen LogP contribution in [0.25, 0.3) is 0 Å². The first-order chi connectivity index (χ1) is 8.13. The van der Waals surface area contributed by atoms with Crippen LogP contribution in [0.2, 0.25) is 0 Å². The molecule has 0 saturated heterocycles. The molecule has 0 unspecified atom stereocenters. The molecule has 0 atom stereocenters. The minimum absolute atomic E-state index is 0. The summed E-state index contributed by atoms with van der Waals surface area (Å²) in [6.45, 7) is 5.32. The Morgan fingerprint density at radius 3 is 2.67 bits per heavy atom. The van der Waals surface area contributed by atoms with Crippen LogP contribution in [-0.4, -0.2) is 19.1 Å². The lowest BCUT2D eigenvalue weighted by molar-refractivity contribution is -0.119. The molecule has 5 heteroatoms. The third-order valence-corrected chi connectivity index (χ3v) is 2.21. The molecular weight excluding hydrogens is 252 g/mol. The van der Waals surface area contributed by atoms with Crippen molar-refractivity contribution in [3.05, 3.63) is 29.8 Å². The van der Waals surface area contributed by atoms with Crippen molar-refractivity contribution >= 4 is 18.3 Å². The number of nitrogens with two attached hydrogens (primary N) is 1. The van der Waals surface area contributed by atoms with Gasteiger partial charge in [-0.25, -0.2) is 0 Å². The van der Waals surface area contributed by atoms with Crippen LogP contribution in [-0.2, 0) is 11.3 Å². The Balaban J connectivity index is 0.00000289. The number of para-hydroxylation sites is 1. The van der Waals surface area contributed by atoms with Gasteiger partial charge in [-0.2, -0.15) is 0 Å². The zero-order chi connectivity index (χ0) is 12.7. The van der Waals surface area contributed by atoms with Crippen LogP contribution in [0, 0.1) is 5.92 Å². The quantitative estimate of drug-likeness (QED) is 0.829. The molecule has 0 aromatic heterocycles. The van der Waals surface area contributed by atoms with Crippen LogP contribution in [0.3, 0.4) is 0 Å². The molecule has 1 amide bonds. The molecular formula is C13H21ClN2O2. The van der Waals surface area contributed by atoms with Gasteiger partial charge in [0.15, 0.2) is 0 Å².